The highest BCUT2D eigenvalue weighted by Crippen LogP contribution is 2.17. The summed E-state index contributed by atoms with van der Waals surface area (Å²) in [7, 11) is 0. The number of carbonyl (C=O) groups is 1. The van der Waals surface area contributed by atoms with Crippen LogP contribution < -0.4 is 10.5 Å². The summed E-state index contributed by atoms with van der Waals surface area (Å²) in [6.45, 7) is -1.52. The van der Waals surface area contributed by atoms with E-state index >= 15 is 0 Å². The number of hydrogen-bond donors (Lipinski definition) is 2. The SMILES string of the molecule is NC(=O)N(O)CCc1ccnc(OCC(F)(F)F)c1. The topological polar surface area (TPSA) is 88.7 Å². The van der Waals surface area contributed by atoms with Crippen LogP contribution in [0.25, 0.3) is 0 Å². The first-order valence-corrected chi connectivity index (χ1v) is 5.18. The monoisotopic (exact) mass is 279 g/mol. The number of rotatable bonds is 5. The summed E-state index contributed by atoms with van der Waals surface area (Å²) in [5, 5.41) is 9.33. The van der Waals surface area contributed by atoms with Gasteiger partial charge in [-0.1, -0.05) is 0 Å². The Labute approximate surface area is 106 Å². The molecule has 0 spiro atoms. The van der Waals surface area contributed by atoms with Crippen LogP contribution in [-0.4, -0.2) is 40.6 Å². The average molecular weight is 279 g/mol. The summed E-state index contributed by atoms with van der Waals surface area (Å²) in [5.74, 6) is -0.182. The van der Waals surface area contributed by atoms with E-state index in [2.05, 4.69) is 9.72 Å². The van der Waals surface area contributed by atoms with Crippen LogP contribution in [0.5, 0.6) is 5.88 Å². The van der Waals surface area contributed by atoms with Gasteiger partial charge in [-0.2, -0.15) is 13.2 Å². The lowest BCUT2D eigenvalue weighted by molar-refractivity contribution is -0.154. The van der Waals surface area contributed by atoms with E-state index in [4.69, 9.17) is 10.9 Å². The Hall–Kier alpha value is -2.03. The molecule has 9 heteroatoms. The molecular weight excluding hydrogens is 267 g/mol. The number of alkyl halides is 3. The molecule has 1 rings (SSSR count). The minimum atomic E-state index is -4.44. The zero-order valence-corrected chi connectivity index (χ0v) is 9.72. The fourth-order valence-electron chi connectivity index (χ4n) is 1.19. The predicted molar refractivity (Wildman–Crippen MR) is 57.6 cm³/mol. The van der Waals surface area contributed by atoms with Crippen molar-refractivity contribution in [2.24, 2.45) is 5.73 Å². The minimum absolute atomic E-state index is 0.0853. The number of aromatic nitrogens is 1. The van der Waals surface area contributed by atoms with Crippen molar-refractivity contribution in [3.8, 4) is 5.88 Å². The Morgan fingerprint density at radius 3 is 2.79 bits per heavy atom. The van der Waals surface area contributed by atoms with Crippen molar-refractivity contribution in [1.82, 2.24) is 10.0 Å². The van der Waals surface area contributed by atoms with E-state index in [0.29, 0.717) is 10.6 Å². The van der Waals surface area contributed by atoms with Gasteiger partial charge < -0.3 is 10.5 Å². The minimum Gasteiger partial charge on any atom is -0.468 e. The zero-order chi connectivity index (χ0) is 14.5. The van der Waals surface area contributed by atoms with Crippen LogP contribution in [0.3, 0.4) is 0 Å². The molecule has 0 radical (unpaired) electrons. The number of hydrogen-bond acceptors (Lipinski definition) is 4. The second-order valence-electron chi connectivity index (χ2n) is 3.62. The summed E-state index contributed by atoms with van der Waals surface area (Å²) in [6, 6.07) is 1.80. The second-order valence-corrected chi connectivity index (χ2v) is 3.62. The fraction of sp³-hybridized carbons (Fsp3) is 0.400. The Morgan fingerprint density at radius 2 is 2.21 bits per heavy atom. The van der Waals surface area contributed by atoms with E-state index in [1.165, 1.54) is 18.3 Å². The van der Waals surface area contributed by atoms with Crippen molar-refractivity contribution >= 4 is 6.03 Å². The molecular formula is C10H12F3N3O3. The van der Waals surface area contributed by atoms with Crippen LogP contribution in [0.15, 0.2) is 18.3 Å². The van der Waals surface area contributed by atoms with Gasteiger partial charge in [-0.3, -0.25) is 5.21 Å². The first-order valence-electron chi connectivity index (χ1n) is 5.18. The van der Waals surface area contributed by atoms with Crippen molar-refractivity contribution in [3.05, 3.63) is 23.9 Å². The molecule has 0 aromatic carbocycles. The highest BCUT2D eigenvalue weighted by Gasteiger charge is 2.28. The summed E-state index contributed by atoms with van der Waals surface area (Å²) >= 11 is 0. The van der Waals surface area contributed by atoms with Gasteiger partial charge in [-0.05, 0) is 18.1 Å². The van der Waals surface area contributed by atoms with E-state index in [1.807, 2.05) is 0 Å². The molecule has 1 aromatic rings. The summed E-state index contributed by atoms with van der Waals surface area (Å²) < 4.78 is 40.3. The van der Waals surface area contributed by atoms with Gasteiger partial charge in [-0.15, -0.1) is 0 Å². The van der Waals surface area contributed by atoms with Crippen molar-refractivity contribution in [2.75, 3.05) is 13.2 Å². The molecule has 1 heterocycles. The predicted octanol–water partition coefficient (Wildman–Crippen LogP) is 1.34. The Morgan fingerprint density at radius 1 is 1.53 bits per heavy atom. The largest absolute Gasteiger partial charge is 0.468 e. The quantitative estimate of drug-likeness (QED) is 0.628. The van der Waals surface area contributed by atoms with Gasteiger partial charge in [0.1, 0.15) is 0 Å². The van der Waals surface area contributed by atoms with E-state index in [-0.39, 0.29) is 18.8 Å². The number of amides is 2. The number of urea groups is 1. The Bertz CT molecular complexity index is 440. The van der Waals surface area contributed by atoms with E-state index in [9.17, 15) is 18.0 Å². The normalized spacial score (nSPS) is 11.2. The zero-order valence-electron chi connectivity index (χ0n) is 9.72. The fourth-order valence-corrected chi connectivity index (χ4v) is 1.19. The summed E-state index contributed by atoms with van der Waals surface area (Å²) in [6.07, 6.45) is -2.97. The number of nitrogens with zero attached hydrogens (tertiary/aromatic N) is 2. The molecule has 0 unspecified atom stereocenters. The third kappa shape index (κ3) is 5.91. The van der Waals surface area contributed by atoms with Crippen LogP contribution in [0.2, 0.25) is 0 Å². The second kappa shape index (κ2) is 6.23. The maximum Gasteiger partial charge on any atom is 0.422 e. The van der Waals surface area contributed by atoms with Gasteiger partial charge in [0.15, 0.2) is 6.61 Å². The van der Waals surface area contributed by atoms with Gasteiger partial charge in [0.2, 0.25) is 5.88 Å². The molecule has 3 N–H and O–H groups in total. The first-order chi connectivity index (χ1) is 8.78. The molecule has 2 amide bonds. The van der Waals surface area contributed by atoms with Crippen LogP contribution in [0, 0.1) is 0 Å². The highest BCUT2D eigenvalue weighted by atomic mass is 19.4. The molecule has 19 heavy (non-hydrogen) atoms. The molecule has 0 bridgehead atoms. The van der Waals surface area contributed by atoms with Crippen molar-refractivity contribution in [2.45, 2.75) is 12.6 Å². The number of hydroxylamine groups is 2. The lowest BCUT2D eigenvalue weighted by atomic mass is 10.2. The van der Waals surface area contributed by atoms with Gasteiger partial charge in [0.05, 0.1) is 6.54 Å². The first kappa shape index (κ1) is 15.0. The number of halogens is 3. The molecule has 0 aliphatic carbocycles. The van der Waals surface area contributed by atoms with Crippen LogP contribution in [-0.2, 0) is 6.42 Å². The van der Waals surface area contributed by atoms with Gasteiger partial charge >= 0.3 is 12.2 Å². The van der Waals surface area contributed by atoms with Crippen molar-refractivity contribution < 1.29 is 27.9 Å². The number of ether oxygens (including phenoxy) is 1. The van der Waals surface area contributed by atoms with Gasteiger partial charge in [-0.25, -0.2) is 14.8 Å². The van der Waals surface area contributed by atoms with E-state index in [0.717, 1.165) is 0 Å². The standard InChI is InChI=1S/C10H12F3N3O3/c11-10(12,13)6-19-8-5-7(1-3-15-8)2-4-16(18)9(14)17/h1,3,5,18H,2,4,6H2,(H2,14,17). The molecule has 0 aliphatic heterocycles. The smallest absolute Gasteiger partial charge is 0.422 e. The molecule has 0 aliphatic rings. The summed E-state index contributed by atoms with van der Waals surface area (Å²) in [5.41, 5.74) is 5.35. The highest BCUT2D eigenvalue weighted by molar-refractivity contribution is 5.70. The lowest BCUT2D eigenvalue weighted by Gasteiger charge is -2.12. The van der Waals surface area contributed by atoms with E-state index < -0.39 is 18.8 Å². The number of carbonyl (C=O) groups excluding carboxylic acids is 1. The Kier molecular flexibility index (Phi) is 4.93. The lowest BCUT2D eigenvalue weighted by Crippen LogP contribution is -2.34. The average Bonchev–Trinajstić information content (AvgIpc) is 2.33. The number of nitrogens with two attached hydrogens (primary N) is 1. The third-order valence-corrected chi connectivity index (χ3v) is 2.05. The molecule has 6 nitrogen and oxygen atoms in total. The van der Waals surface area contributed by atoms with Crippen LogP contribution in [0.1, 0.15) is 5.56 Å². The maximum atomic E-state index is 11.9. The molecule has 0 saturated heterocycles. The Balaban J connectivity index is 2.55. The molecule has 0 saturated carbocycles. The van der Waals surface area contributed by atoms with Gasteiger partial charge in [0.25, 0.3) is 0 Å². The third-order valence-electron chi connectivity index (χ3n) is 2.05. The maximum absolute atomic E-state index is 11.9. The molecule has 1 aromatic heterocycles. The van der Waals surface area contributed by atoms with E-state index in [1.54, 1.807) is 0 Å². The van der Waals surface area contributed by atoms with Crippen molar-refractivity contribution in [3.63, 3.8) is 0 Å². The summed E-state index contributed by atoms with van der Waals surface area (Å²) in [4.78, 5) is 14.2. The molecule has 0 atom stereocenters. The molecule has 106 valence electrons. The van der Waals surface area contributed by atoms with Crippen LogP contribution in [0.4, 0.5) is 18.0 Å². The van der Waals surface area contributed by atoms with Crippen LogP contribution >= 0.6 is 0 Å². The molecule has 0 fully saturated rings. The van der Waals surface area contributed by atoms with Gasteiger partial charge in [0, 0.05) is 12.3 Å². The van der Waals surface area contributed by atoms with Crippen molar-refractivity contribution in [1.29, 1.82) is 0 Å². The number of pyridine rings is 1. The number of primary amides is 1.